The molecule has 0 spiro atoms. The number of nitrogens with one attached hydrogen (secondary N) is 1. The molecule has 5 nitrogen and oxygen atoms in total. The summed E-state index contributed by atoms with van der Waals surface area (Å²) in [5.74, 6) is 1.23. The minimum absolute atomic E-state index is 0.574. The van der Waals surface area contributed by atoms with E-state index >= 15 is 0 Å². The molecule has 2 aromatic carbocycles. The molecule has 0 aliphatic heterocycles. The standard InChI is InChI=1S/C18H18BrN5/c1-3-24(16-6-4-5-13(2)11-16)18-22-17(12-20-23-18)21-15-9-7-14(19)8-10-15/h4-12H,3H2,1-2H3,(H,21,22,23). The van der Waals surface area contributed by atoms with Gasteiger partial charge < -0.3 is 10.2 Å². The van der Waals surface area contributed by atoms with E-state index in [0.29, 0.717) is 11.8 Å². The first-order chi connectivity index (χ1) is 11.7. The maximum absolute atomic E-state index is 4.60. The number of hydrogen-bond acceptors (Lipinski definition) is 5. The summed E-state index contributed by atoms with van der Waals surface area (Å²) in [6.45, 7) is 4.90. The molecule has 24 heavy (non-hydrogen) atoms. The summed E-state index contributed by atoms with van der Waals surface area (Å²) in [4.78, 5) is 6.63. The van der Waals surface area contributed by atoms with Gasteiger partial charge in [0, 0.05) is 22.4 Å². The number of hydrogen-bond donors (Lipinski definition) is 1. The van der Waals surface area contributed by atoms with Crippen LogP contribution in [0.3, 0.4) is 0 Å². The number of halogens is 1. The quantitative estimate of drug-likeness (QED) is 0.682. The highest BCUT2D eigenvalue weighted by atomic mass is 79.9. The van der Waals surface area contributed by atoms with Gasteiger partial charge in [0.05, 0.1) is 6.20 Å². The number of anilines is 4. The summed E-state index contributed by atoms with van der Waals surface area (Å²) in [7, 11) is 0. The highest BCUT2D eigenvalue weighted by molar-refractivity contribution is 9.10. The molecule has 0 amide bonds. The second-order valence-corrected chi connectivity index (χ2v) is 6.27. The predicted molar refractivity (Wildman–Crippen MR) is 101 cm³/mol. The lowest BCUT2D eigenvalue weighted by Gasteiger charge is -2.21. The lowest BCUT2D eigenvalue weighted by molar-refractivity contribution is 0.886. The van der Waals surface area contributed by atoms with Gasteiger partial charge in [0.25, 0.3) is 5.95 Å². The molecule has 3 aromatic rings. The monoisotopic (exact) mass is 383 g/mol. The predicted octanol–water partition coefficient (Wildman–Crippen LogP) is 4.84. The van der Waals surface area contributed by atoms with Crippen molar-refractivity contribution in [2.75, 3.05) is 16.8 Å². The summed E-state index contributed by atoms with van der Waals surface area (Å²) in [5, 5.41) is 11.5. The molecule has 3 rings (SSSR count). The van der Waals surface area contributed by atoms with Crippen LogP contribution in [0.25, 0.3) is 0 Å². The molecule has 0 radical (unpaired) electrons. The molecular formula is C18H18BrN5. The van der Waals surface area contributed by atoms with E-state index in [1.807, 2.05) is 35.2 Å². The first-order valence-corrected chi connectivity index (χ1v) is 8.51. The fourth-order valence-electron chi connectivity index (χ4n) is 2.39. The second-order valence-electron chi connectivity index (χ2n) is 5.36. The Balaban J connectivity index is 1.87. The summed E-state index contributed by atoms with van der Waals surface area (Å²) in [6.07, 6.45) is 1.62. The van der Waals surface area contributed by atoms with Gasteiger partial charge in [-0.15, -0.1) is 5.10 Å². The van der Waals surface area contributed by atoms with Crippen LogP contribution in [0.1, 0.15) is 12.5 Å². The van der Waals surface area contributed by atoms with Crippen LogP contribution in [0.2, 0.25) is 0 Å². The average Bonchev–Trinajstić information content (AvgIpc) is 2.58. The van der Waals surface area contributed by atoms with E-state index < -0.39 is 0 Å². The van der Waals surface area contributed by atoms with Gasteiger partial charge in [-0.25, -0.2) is 0 Å². The van der Waals surface area contributed by atoms with Crippen LogP contribution >= 0.6 is 15.9 Å². The summed E-state index contributed by atoms with van der Waals surface area (Å²) in [5.41, 5.74) is 3.20. The Kier molecular flexibility index (Phi) is 5.05. The van der Waals surface area contributed by atoms with Crippen molar-refractivity contribution < 1.29 is 0 Å². The summed E-state index contributed by atoms with van der Waals surface area (Å²) < 4.78 is 1.03. The van der Waals surface area contributed by atoms with Gasteiger partial charge >= 0.3 is 0 Å². The Morgan fingerprint density at radius 1 is 1.12 bits per heavy atom. The fourth-order valence-corrected chi connectivity index (χ4v) is 2.65. The van der Waals surface area contributed by atoms with E-state index in [9.17, 15) is 0 Å². The summed E-state index contributed by atoms with van der Waals surface area (Å²) >= 11 is 3.43. The number of aromatic nitrogens is 3. The zero-order valence-corrected chi connectivity index (χ0v) is 15.2. The van der Waals surface area contributed by atoms with Crippen LogP contribution in [0, 0.1) is 6.92 Å². The smallest absolute Gasteiger partial charge is 0.251 e. The highest BCUT2D eigenvalue weighted by Crippen LogP contribution is 2.24. The average molecular weight is 384 g/mol. The topological polar surface area (TPSA) is 53.9 Å². The van der Waals surface area contributed by atoms with E-state index in [-0.39, 0.29) is 0 Å². The van der Waals surface area contributed by atoms with E-state index in [1.165, 1.54) is 5.56 Å². The van der Waals surface area contributed by atoms with Crippen LogP contribution in [-0.4, -0.2) is 21.7 Å². The second kappa shape index (κ2) is 7.40. The largest absolute Gasteiger partial charge is 0.339 e. The molecule has 0 saturated heterocycles. The van der Waals surface area contributed by atoms with Crippen LogP contribution in [-0.2, 0) is 0 Å². The molecule has 1 heterocycles. The first-order valence-electron chi connectivity index (χ1n) is 7.72. The number of rotatable bonds is 5. The van der Waals surface area contributed by atoms with Crippen molar-refractivity contribution in [3.05, 3.63) is 64.8 Å². The Bertz CT molecular complexity index is 820. The minimum Gasteiger partial charge on any atom is -0.339 e. The normalized spacial score (nSPS) is 10.5. The Hall–Kier alpha value is -2.47. The molecule has 0 aliphatic carbocycles. The molecule has 0 bridgehead atoms. The lowest BCUT2D eigenvalue weighted by Crippen LogP contribution is -2.19. The van der Waals surface area contributed by atoms with Gasteiger partial charge in [-0.3, -0.25) is 0 Å². The van der Waals surface area contributed by atoms with Crippen LogP contribution in [0.4, 0.5) is 23.1 Å². The third-order valence-electron chi connectivity index (χ3n) is 3.54. The minimum atomic E-state index is 0.574. The third-order valence-corrected chi connectivity index (χ3v) is 4.06. The maximum atomic E-state index is 4.60. The zero-order chi connectivity index (χ0) is 16.9. The van der Waals surface area contributed by atoms with Crippen molar-refractivity contribution in [1.82, 2.24) is 15.2 Å². The Morgan fingerprint density at radius 2 is 1.92 bits per heavy atom. The fraction of sp³-hybridized carbons (Fsp3) is 0.167. The molecule has 6 heteroatoms. The first kappa shape index (κ1) is 16.4. The summed E-state index contributed by atoms with van der Waals surface area (Å²) in [6, 6.07) is 16.2. The van der Waals surface area contributed by atoms with E-state index in [1.54, 1.807) is 6.20 Å². The molecule has 0 atom stereocenters. The van der Waals surface area contributed by atoms with Gasteiger partial charge in [0.15, 0.2) is 5.82 Å². The van der Waals surface area contributed by atoms with Crippen LogP contribution < -0.4 is 10.2 Å². The van der Waals surface area contributed by atoms with Crippen molar-refractivity contribution in [2.45, 2.75) is 13.8 Å². The highest BCUT2D eigenvalue weighted by Gasteiger charge is 2.12. The number of nitrogens with zero attached hydrogens (tertiary/aromatic N) is 4. The van der Waals surface area contributed by atoms with Crippen molar-refractivity contribution in [1.29, 1.82) is 0 Å². The third kappa shape index (κ3) is 3.89. The van der Waals surface area contributed by atoms with Crippen molar-refractivity contribution in [2.24, 2.45) is 0 Å². The zero-order valence-electron chi connectivity index (χ0n) is 13.6. The van der Waals surface area contributed by atoms with E-state index in [4.69, 9.17) is 0 Å². The Morgan fingerprint density at radius 3 is 2.62 bits per heavy atom. The van der Waals surface area contributed by atoms with Crippen molar-refractivity contribution in [3.63, 3.8) is 0 Å². The van der Waals surface area contributed by atoms with Crippen molar-refractivity contribution in [3.8, 4) is 0 Å². The van der Waals surface area contributed by atoms with Gasteiger partial charge in [-0.1, -0.05) is 28.1 Å². The maximum Gasteiger partial charge on any atom is 0.251 e. The van der Waals surface area contributed by atoms with Crippen LogP contribution in [0.5, 0.6) is 0 Å². The van der Waals surface area contributed by atoms with Crippen LogP contribution in [0.15, 0.2) is 59.2 Å². The molecule has 0 aliphatic rings. The molecular weight excluding hydrogens is 366 g/mol. The van der Waals surface area contributed by atoms with Gasteiger partial charge in [0.2, 0.25) is 0 Å². The number of aryl methyl sites for hydroxylation is 1. The van der Waals surface area contributed by atoms with Gasteiger partial charge in [-0.2, -0.15) is 10.1 Å². The van der Waals surface area contributed by atoms with Crippen molar-refractivity contribution >= 4 is 39.1 Å². The molecule has 122 valence electrons. The van der Waals surface area contributed by atoms with Gasteiger partial charge in [-0.05, 0) is 55.8 Å². The van der Waals surface area contributed by atoms with E-state index in [0.717, 1.165) is 22.4 Å². The molecule has 0 unspecified atom stereocenters. The SMILES string of the molecule is CCN(c1cccc(C)c1)c1nncc(Nc2ccc(Br)cc2)n1. The Labute approximate surface area is 149 Å². The van der Waals surface area contributed by atoms with E-state index in [2.05, 4.69) is 68.5 Å². The molecule has 0 saturated carbocycles. The molecule has 1 aromatic heterocycles. The number of benzene rings is 2. The molecule has 0 fully saturated rings. The van der Waals surface area contributed by atoms with Gasteiger partial charge in [0.1, 0.15) is 0 Å². The lowest BCUT2D eigenvalue weighted by atomic mass is 10.2. The molecule has 1 N–H and O–H groups in total.